The lowest BCUT2D eigenvalue weighted by molar-refractivity contribution is 0.0601. The van der Waals surface area contributed by atoms with Gasteiger partial charge in [0.25, 0.3) is 5.56 Å². The molecular weight excluding hydrogens is 410 g/mol. The predicted octanol–water partition coefficient (Wildman–Crippen LogP) is 3.26. The number of nitrogens with one attached hydrogen (secondary N) is 1. The van der Waals surface area contributed by atoms with E-state index in [2.05, 4.69) is 20.2 Å². The standard InChI is InChI=1S/C19H13N5O3S2/c1-27-17(26)10-6-7-11-12(8-10)20-15(21-16(11)25)9-28-18-22-23-19-24(18)13-4-2-3-5-14(13)29-19/h2-8H,9H2,1H3,(H,20,21,25). The molecule has 0 amide bonds. The zero-order valence-electron chi connectivity index (χ0n) is 15.1. The van der Waals surface area contributed by atoms with Crippen molar-refractivity contribution in [1.29, 1.82) is 0 Å². The number of H-pyrrole nitrogens is 1. The minimum Gasteiger partial charge on any atom is -0.465 e. The Hall–Kier alpha value is -3.24. The van der Waals surface area contributed by atoms with Crippen LogP contribution in [0, 0.1) is 0 Å². The summed E-state index contributed by atoms with van der Waals surface area (Å²) in [4.78, 5) is 32.3. The SMILES string of the molecule is COC(=O)c1ccc2c(=O)[nH]c(CSc3nnc4sc5ccccc5n34)nc2c1. The number of hydrogen-bond donors (Lipinski definition) is 1. The zero-order chi connectivity index (χ0) is 20.0. The molecule has 0 aliphatic heterocycles. The number of esters is 1. The third kappa shape index (κ3) is 3.06. The molecule has 0 fully saturated rings. The normalized spacial score (nSPS) is 11.5. The summed E-state index contributed by atoms with van der Waals surface area (Å²) in [5.41, 5.74) is 1.58. The van der Waals surface area contributed by atoms with Crippen LogP contribution in [0.25, 0.3) is 26.1 Å². The molecule has 1 N–H and O–H groups in total. The van der Waals surface area contributed by atoms with E-state index >= 15 is 0 Å². The predicted molar refractivity (Wildman–Crippen MR) is 112 cm³/mol. The number of hydrogen-bond acceptors (Lipinski definition) is 8. The summed E-state index contributed by atoms with van der Waals surface area (Å²) < 4.78 is 7.87. The number of aromatic amines is 1. The first-order chi connectivity index (χ1) is 14.1. The molecule has 2 aromatic carbocycles. The molecule has 10 heteroatoms. The van der Waals surface area contributed by atoms with Gasteiger partial charge in [0, 0.05) is 0 Å². The molecular formula is C19H13N5O3S2. The number of benzene rings is 2. The van der Waals surface area contributed by atoms with Crippen LogP contribution in [0.1, 0.15) is 16.2 Å². The maximum Gasteiger partial charge on any atom is 0.337 e. The Labute approximate surface area is 171 Å². The molecule has 0 spiro atoms. The van der Waals surface area contributed by atoms with Crippen molar-refractivity contribution in [3.05, 3.63) is 64.2 Å². The van der Waals surface area contributed by atoms with Gasteiger partial charge in [-0.15, -0.1) is 10.2 Å². The van der Waals surface area contributed by atoms with Gasteiger partial charge in [-0.05, 0) is 30.3 Å². The number of fused-ring (bicyclic) bond motifs is 4. The van der Waals surface area contributed by atoms with Crippen molar-refractivity contribution in [3.8, 4) is 0 Å². The molecule has 5 aromatic rings. The minimum atomic E-state index is -0.472. The average molecular weight is 423 g/mol. The summed E-state index contributed by atoms with van der Waals surface area (Å²) in [6, 6.07) is 12.7. The first-order valence-corrected chi connectivity index (χ1v) is 10.4. The first kappa shape index (κ1) is 17.8. The highest BCUT2D eigenvalue weighted by molar-refractivity contribution is 7.98. The monoisotopic (exact) mass is 423 g/mol. The fourth-order valence-corrected chi connectivity index (χ4v) is 4.92. The number of para-hydroxylation sites is 1. The third-order valence-electron chi connectivity index (χ3n) is 4.43. The van der Waals surface area contributed by atoms with Gasteiger partial charge in [0.2, 0.25) is 4.96 Å². The largest absolute Gasteiger partial charge is 0.465 e. The van der Waals surface area contributed by atoms with Gasteiger partial charge in [-0.25, -0.2) is 9.78 Å². The molecule has 3 heterocycles. The summed E-state index contributed by atoms with van der Waals surface area (Å²) in [7, 11) is 1.31. The average Bonchev–Trinajstić information content (AvgIpc) is 3.30. The summed E-state index contributed by atoms with van der Waals surface area (Å²) in [6.45, 7) is 0. The van der Waals surface area contributed by atoms with Gasteiger partial charge in [0.05, 0.1) is 39.5 Å². The van der Waals surface area contributed by atoms with Crippen LogP contribution in [-0.4, -0.2) is 37.6 Å². The second-order valence-electron chi connectivity index (χ2n) is 6.20. The van der Waals surface area contributed by atoms with E-state index in [1.807, 2.05) is 28.7 Å². The molecule has 0 saturated carbocycles. The molecule has 0 unspecified atom stereocenters. The fraction of sp³-hybridized carbons (Fsp3) is 0.105. The fourth-order valence-electron chi connectivity index (χ4n) is 3.08. The summed E-state index contributed by atoms with van der Waals surface area (Å²) in [5, 5.41) is 9.64. The topological polar surface area (TPSA) is 102 Å². The highest BCUT2D eigenvalue weighted by Gasteiger charge is 2.14. The van der Waals surface area contributed by atoms with Crippen molar-refractivity contribution in [1.82, 2.24) is 24.6 Å². The Kier molecular flexibility index (Phi) is 4.29. The van der Waals surface area contributed by atoms with Gasteiger partial charge in [-0.2, -0.15) is 0 Å². The van der Waals surface area contributed by atoms with E-state index in [-0.39, 0.29) is 5.56 Å². The highest BCUT2D eigenvalue weighted by Crippen LogP contribution is 2.30. The van der Waals surface area contributed by atoms with E-state index < -0.39 is 5.97 Å². The van der Waals surface area contributed by atoms with Crippen molar-refractivity contribution >= 4 is 55.1 Å². The van der Waals surface area contributed by atoms with Crippen LogP contribution in [0.2, 0.25) is 0 Å². The van der Waals surface area contributed by atoms with E-state index in [9.17, 15) is 9.59 Å². The summed E-state index contributed by atoms with van der Waals surface area (Å²) in [6.07, 6.45) is 0. The maximum atomic E-state index is 12.4. The van der Waals surface area contributed by atoms with Gasteiger partial charge in [0.15, 0.2) is 5.16 Å². The summed E-state index contributed by atoms with van der Waals surface area (Å²) >= 11 is 3.01. The molecule has 8 nitrogen and oxygen atoms in total. The lowest BCUT2D eigenvalue weighted by Crippen LogP contribution is -2.12. The van der Waals surface area contributed by atoms with Gasteiger partial charge >= 0.3 is 5.97 Å². The number of thiazole rings is 1. The van der Waals surface area contributed by atoms with Gasteiger partial charge < -0.3 is 9.72 Å². The zero-order valence-corrected chi connectivity index (χ0v) is 16.7. The lowest BCUT2D eigenvalue weighted by Gasteiger charge is -2.04. The second-order valence-corrected chi connectivity index (χ2v) is 8.15. The van der Waals surface area contributed by atoms with E-state index in [0.717, 1.165) is 20.3 Å². The molecule has 5 rings (SSSR count). The number of rotatable bonds is 4. The van der Waals surface area contributed by atoms with Crippen LogP contribution in [0.4, 0.5) is 0 Å². The number of carbonyl (C=O) groups is 1. The van der Waals surface area contributed by atoms with E-state index in [1.165, 1.54) is 18.9 Å². The molecule has 0 bridgehead atoms. The third-order valence-corrected chi connectivity index (χ3v) is 6.38. The van der Waals surface area contributed by atoms with Crippen molar-refractivity contribution in [2.24, 2.45) is 0 Å². The van der Waals surface area contributed by atoms with Crippen LogP contribution < -0.4 is 5.56 Å². The Balaban J connectivity index is 1.50. The van der Waals surface area contributed by atoms with E-state index in [4.69, 9.17) is 4.74 Å². The molecule has 144 valence electrons. The highest BCUT2D eigenvalue weighted by atomic mass is 32.2. The minimum absolute atomic E-state index is 0.255. The Morgan fingerprint density at radius 1 is 1.24 bits per heavy atom. The van der Waals surface area contributed by atoms with Gasteiger partial charge in [0.1, 0.15) is 5.82 Å². The molecule has 3 aromatic heterocycles. The lowest BCUT2D eigenvalue weighted by atomic mass is 10.1. The van der Waals surface area contributed by atoms with E-state index in [0.29, 0.717) is 28.0 Å². The summed E-state index contributed by atoms with van der Waals surface area (Å²) in [5.74, 6) is 0.421. The molecule has 0 saturated heterocycles. The number of nitrogens with zero attached hydrogens (tertiary/aromatic N) is 4. The molecule has 0 atom stereocenters. The van der Waals surface area contributed by atoms with Gasteiger partial charge in [-0.1, -0.05) is 35.2 Å². The molecule has 0 aliphatic rings. The van der Waals surface area contributed by atoms with Crippen LogP contribution >= 0.6 is 23.1 Å². The smallest absolute Gasteiger partial charge is 0.337 e. The molecule has 0 radical (unpaired) electrons. The Morgan fingerprint density at radius 2 is 2.10 bits per heavy atom. The van der Waals surface area contributed by atoms with E-state index in [1.54, 1.807) is 29.5 Å². The Morgan fingerprint density at radius 3 is 2.97 bits per heavy atom. The van der Waals surface area contributed by atoms with Crippen LogP contribution in [-0.2, 0) is 10.5 Å². The first-order valence-electron chi connectivity index (χ1n) is 8.61. The maximum absolute atomic E-state index is 12.4. The van der Waals surface area contributed by atoms with Gasteiger partial charge in [-0.3, -0.25) is 9.20 Å². The number of ether oxygens (including phenoxy) is 1. The Bertz CT molecular complexity index is 1450. The van der Waals surface area contributed by atoms with Crippen molar-refractivity contribution in [3.63, 3.8) is 0 Å². The number of carbonyl (C=O) groups excluding carboxylic acids is 1. The molecule has 29 heavy (non-hydrogen) atoms. The molecule has 0 aliphatic carbocycles. The quantitative estimate of drug-likeness (QED) is 0.350. The number of aromatic nitrogens is 5. The van der Waals surface area contributed by atoms with Crippen LogP contribution in [0.15, 0.2) is 52.4 Å². The number of methoxy groups -OCH3 is 1. The van der Waals surface area contributed by atoms with Crippen molar-refractivity contribution in [2.75, 3.05) is 7.11 Å². The van der Waals surface area contributed by atoms with Crippen LogP contribution in [0.3, 0.4) is 0 Å². The van der Waals surface area contributed by atoms with Crippen molar-refractivity contribution < 1.29 is 9.53 Å². The second kappa shape index (κ2) is 6.98. The van der Waals surface area contributed by atoms with Crippen molar-refractivity contribution in [2.45, 2.75) is 10.9 Å². The van der Waals surface area contributed by atoms with Crippen LogP contribution in [0.5, 0.6) is 0 Å². The number of thioether (sulfide) groups is 1.